The molecule has 192 valence electrons. The van der Waals surface area contributed by atoms with E-state index in [1.165, 1.54) is 0 Å². The molecule has 2 aliphatic rings. The third-order valence-corrected chi connectivity index (χ3v) is 7.94. The van der Waals surface area contributed by atoms with Crippen molar-refractivity contribution in [3.63, 3.8) is 0 Å². The molecule has 0 spiro atoms. The van der Waals surface area contributed by atoms with Crippen LogP contribution in [0.5, 0.6) is 0 Å². The van der Waals surface area contributed by atoms with Crippen LogP contribution in [0, 0.1) is 5.41 Å². The predicted octanol–water partition coefficient (Wildman–Crippen LogP) is 4.96. The first-order valence-corrected chi connectivity index (χ1v) is 12.6. The minimum atomic E-state index is -6.23. The van der Waals surface area contributed by atoms with Gasteiger partial charge in [0.2, 0.25) is 0 Å². The molecule has 0 bridgehead atoms. The maximum Gasteiger partial charge on any atom is 0.523 e. The molecule has 0 saturated carbocycles. The van der Waals surface area contributed by atoms with E-state index in [-0.39, 0.29) is 16.0 Å². The molecule has 2 aromatic rings. The molecule has 15 heteroatoms. The van der Waals surface area contributed by atoms with Gasteiger partial charge in [-0.2, -0.15) is 39.9 Å². The number of aromatic nitrogens is 4. The smallest absolute Gasteiger partial charge is 0.272 e. The molecule has 0 radical (unpaired) electrons. The van der Waals surface area contributed by atoms with Gasteiger partial charge in [0.15, 0.2) is 5.01 Å². The van der Waals surface area contributed by atoms with Crippen molar-refractivity contribution in [2.24, 2.45) is 12.5 Å². The highest BCUT2D eigenvalue weighted by molar-refractivity contribution is 7.87. The van der Waals surface area contributed by atoms with E-state index in [0.717, 1.165) is 47.9 Å². The van der Waals surface area contributed by atoms with Crippen LogP contribution in [-0.2, 0) is 34.2 Å². The molecule has 0 aromatic carbocycles. The van der Waals surface area contributed by atoms with Crippen LogP contribution in [0.15, 0.2) is 17.7 Å². The van der Waals surface area contributed by atoms with Crippen molar-refractivity contribution in [1.29, 1.82) is 0 Å². The van der Waals surface area contributed by atoms with E-state index in [1.807, 2.05) is 7.05 Å². The van der Waals surface area contributed by atoms with Gasteiger partial charge in [-0.1, -0.05) is 31.3 Å². The summed E-state index contributed by atoms with van der Waals surface area (Å²) in [6.45, 7) is 4.31. The van der Waals surface area contributed by atoms with Crippen molar-refractivity contribution >= 4 is 27.0 Å². The maximum absolute atomic E-state index is 13.6. The molecule has 1 atom stereocenters. The van der Waals surface area contributed by atoms with Crippen molar-refractivity contribution in [3.8, 4) is 10.7 Å². The zero-order chi connectivity index (χ0) is 26.0. The van der Waals surface area contributed by atoms with E-state index in [0.29, 0.717) is 16.8 Å². The Labute approximate surface area is 200 Å². The minimum absolute atomic E-state index is 0.0451. The first kappa shape index (κ1) is 25.8. The number of alkyl halides is 6. The SMILES string of the molecule is Cn1nc(-c2nnc(C3=CCC(OS(=O)(=O)C(F)(F)F)C(C(F)(F)F)=C3)s2)c2c1CC(C)(C)CC2. The molecule has 0 amide bonds. The van der Waals surface area contributed by atoms with Gasteiger partial charge in [-0.05, 0) is 37.2 Å². The van der Waals surface area contributed by atoms with E-state index in [4.69, 9.17) is 0 Å². The van der Waals surface area contributed by atoms with Gasteiger partial charge in [0.05, 0.1) is 5.57 Å². The summed E-state index contributed by atoms with van der Waals surface area (Å²) >= 11 is 0.993. The molecular weight excluding hydrogens is 522 g/mol. The normalized spacial score (nSPS) is 20.9. The second-order valence-corrected chi connectivity index (χ2v) is 11.7. The Morgan fingerprint density at radius 1 is 1.14 bits per heavy atom. The molecule has 0 aliphatic heterocycles. The third kappa shape index (κ3) is 5.03. The molecule has 4 rings (SSSR count). The lowest BCUT2D eigenvalue weighted by atomic mass is 9.76. The molecule has 2 aliphatic carbocycles. The highest BCUT2D eigenvalue weighted by Crippen LogP contribution is 2.42. The molecule has 0 N–H and O–H groups in total. The predicted molar refractivity (Wildman–Crippen MR) is 114 cm³/mol. The lowest BCUT2D eigenvalue weighted by Crippen LogP contribution is -2.35. The van der Waals surface area contributed by atoms with Crippen LogP contribution in [-0.4, -0.2) is 46.2 Å². The molecule has 35 heavy (non-hydrogen) atoms. The van der Waals surface area contributed by atoms with Gasteiger partial charge in [0.1, 0.15) is 16.8 Å². The van der Waals surface area contributed by atoms with E-state index >= 15 is 0 Å². The topological polar surface area (TPSA) is 87.0 Å². The first-order chi connectivity index (χ1) is 16.0. The fourth-order valence-corrected chi connectivity index (χ4v) is 5.56. The summed E-state index contributed by atoms with van der Waals surface area (Å²) in [5.74, 6) is 0. The average Bonchev–Trinajstić information content (AvgIpc) is 3.31. The molecule has 7 nitrogen and oxygen atoms in total. The number of nitrogens with zero attached hydrogens (tertiary/aromatic N) is 4. The zero-order valence-corrected chi connectivity index (χ0v) is 20.3. The Morgan fingerprint density at radius 2 is 1.80 bits per heavy atom. The van der Waals surface area contributed by atoms with Crippen LogP contribution in [0.4, 0.5) is 26.3 Å². The van der Waals surface area contributed by atoms with Gasteiger partial charge in [0.25, 0.3) is 0 Å². The van der Waals surface area contributed by atoms with Crippen LogP contribution in [0.25, 0.3) is 16.3 Å². The summed E-state index contributed by atoms with van der Waals surface area (Å²) in [5.41, 5.74) is -4.70. The number of halogens is 6. The number of rotatable bonds is 4. The van der Waals surface area contributed by atoms with Gasteiger partial charge in [-0.3, -0.25) is 8.86 Å². The summed E-state index contributed by atoms with van der Waals surface area (Å²) in [5, 5.41) is 13.1. The molecule has 2 heterocycles. The van der Waals surface area contributed by atoms with Gasteiger partial charge in [-0.25, -0.2) is 0 Å². The molecule has 0 fully saturated rings. The number of hydrogen-bond donors (Lipinski definition) is 0. The second-order valence-electron chi connectivity index (χ2n) is 9.13. The van der Waals surface area contributed by atoms with Crippen molar-refractivity contribution in [1.82, 2.24) is 20.0 Å². The first-order valence-electron chi connectivity index (χ1n) is 10.4. The van der Waals surface area contributed by atoms with Crippen molar-refractivity contribution in [3.05, 3.63) is 34.0 Å². The van der Waals surface area contributed by atoms with Crippen molar-refractivity contribution < 1.29 is 38.9 Å². The fourth-order valence-electron chi connectivity index (χ4n) is 4.09. The number of hydrogen-bond acceptors (Lipinski definition) is 7. The van der Waals surface area contributed by atoms with Crippen molar-refractivity contribution in [2.45, 2.75) is 57.3 Å². The average molecular weight is 543 g/mol. The summed E-state index contributed by atoms with van der Waals surface area (Å²) in [4.78, 5) is 0. The van der Waals surface area contributed by atoms with E-state index in [9.17, 15) is 34.8 Å². The molecule has 1 unspecified atom stereocenters. The van der Waals surface area contributed by atoms with Gasteiger partial charge < -0.3 is 0 Å². The van der Waals surface area contributed by atoms with E-state index < -0.39 is 39.9 Å². The lowest BCUT2D eigenvalue weighted by Gasteiger charge is -2.29. The van der Waals surface area contributed by atoms with Crippen LogP contribution >= 0.6 is 11.3 Å². The molecule has 0 saturated heterocycles. The van der Waals surface area contributed by atoms with E-state index in [2.05, 4.69) is 33.3 Å². The van der Waals surface area contributed by atoms with Crippen LogP contribution in [0.3, 0.4) is 0 Å². The lowest BCUT2D eigenvalue weighted by molar-refractivity contribution is -0.106. The van der Waals surface area contributed by atoms with E-state index in [1.54, 1.807) is 4.68 Å². The quantitative estimate of drug-likeness (QED) is 0.308. The summed E-state index contributed by atoms with van der Waals surface area (Å²) in [6.07, 6.45) is -4.08. The van der Waals surface area contributed by atoms with Gasteiger partial charge in [0, 0.05) is 23.9 Å². The Kier molecular flexibility index (Phi) is 6.20. The zero-order valence-electron chi connectivity index (χ0n) is 18.7. The summed E-state index contributed by atoms with van der Waals surface area (Å²) in [7, 11) is -4.42. The Bertz CT molecular complexity index is 1320. The minimum Gasteiger partial charge on any atom is -0.272 e. The fraction of sp³-hybridized carbons (Fsp3) is 0.550. The molecular formula is C20H20F6N4O3S2. The Balaban J connectivity index is 1.64. The third-order valence-electron chi connectivity index (χ3n) is 5.91. The Morgan fingerprint density at radius 3 is 2.43 bits per heavy atom. The van der Waals surface area contributed by atoms with Gasteiger partial charge >= 0.3 is 21.8 Å². The summed E-state index contributed by atoms with van der Waals surface area (Å²) in [6, 6.07) is 0. The maximum atomic E-state index is 13.6. The monoisotopic (exact) mass is 542 g/mol. The van der Waals surface area contributed by atoms with Gasteiger partial charge in [-0.15, -0.1) is 10.2 Å². The summed E-state index contributed by atoms with van der Waals surface area (Å²) < 4.78 is 107. The highest BCUT2D eigenvalue weighted by Gasteiger charge is 2.51. The highest BCUT2D eigenvalue weighted by atomic mass is 32.2. The Hall–Kier alpha value is -2.26. The number of fused-ring (bicyclic) bond motifs is 1. The molecule has 2 aromatic heterocycles. The number of aryl methyl sites for hydroxylation is 1. The van der Waals surface area contributed by atoms with Crippen LogP contribution < -0.4 is 0 Å². The standard InChI is InChI=1S/C20H20F6N4O3S2/c1-18(2)7-6-11-13(9-18)30(3)29-15(11)17-28-27-16(34-17)10-4-5-14(12(8-10)19(21,22)23)33-35(31,32)20(24,25)26/h4,8,14H,5-7,9H2,1-3H3. The van der Waals surface area contributed by atoms with Crippen molar-refractivity contribution in [2.75, 3.05) is 0 Å². The largest absolute Gasteiger partial charge is 0.523 e. The second kappa shape index (κ2) is 8.40. The van der Waals surface area contributed by atoms with Crippen LogP contribution in [0.1, 0.15) is 43.0 Å². The number of allylic oxidation sites excluding steroid dienone is 2. The van der Waals surface area contributed by atoms with Crippen LogP contribution in [0.2, 0.25) is 0 Å².